The minimum absolute atomic E-state index is 0.00392. The maximum Gasteiger partial charge on any atom is 0.275 e. The molecule has 0 aliphatic carbocycles. The third kappa shape index (κ3) is 2.66. The Morgan fingerprint density at radius 2 is 2.23 bits per heavy atom. The molecule has 3 aliphatic rings. The molecule has 0 radical (unpaired) electrons. The van der Waals surface area contributed by atoms with Crippen molar-refractivity contribution in [2.75, 3.05) is 19.7 Å². The van der Waals surface area contributed by atoms with Crippen LogP contribution in [0.5, 0.6) is 0 Å². The van der Waals surface area contributed by atoms with Gasteiger partial charge in [0.1, 0.15) is 6.10 Å². The van der Waals surface area contributed by atoms with Crippen LogP contribution in [0.2, 0.25) is 0 Å². The van der Waals surface area contributed by atoms with Gasteiger partial charge in [-0.3, -0.25) is 14.5 Å². The number of hydrogen-bond acceptors (Lipinski definition) is 5. The van der Waals surface area contributed by atoms with Gasteiger partial charge in [-0.2, -0.15) is 0 Å². The first kappa shape index (κ1) is 14.2. The molecular weight excluding hydrogens is 284 g/mol. The van der Waals surface area contributed by atoms with Gasteiger partial charge in [0, 0.05) is 24.7 Å². The molecule has 6 nitrogen and oxygen atoms in total. The zero-order valence-corrected chi connectivity index (χ0v) is 12.6. The summed E-state index contributed by atoms with van der Waals surface area (Å²) in [4.78, 5) is 20.2. The number of carbonyl (C=O) groups excluding carboxylic acids is 1. The number of nitrogens with zero attached hydrogens (tertiary/aromatic N) is 2. The van der Waals surface area contributed by atoms with Crippen molar-refractivity contribution in [1.29, 1.82) is 0 Å². The first-order chi connectivity index (χ1) is 10.8. The van der Waals surface area contributed by atoms with Crippen molar-refractivity contribution in [3.8, 4) is 0 Å². The maximum atomic E-state index is 12.4. The van der Waals surface area contributed by atoms with Crippen LogP contribution < -0.4 is 0 Å². The van der Waals surface area contributed by atoms with E-state index < -0.39 is 0 Å². The van der Waals surface area contributed by atoms with Crippen LogP contribution in [0, 0.1) is 0 Å². The van der Waals surface area contributed by atoms with E-state index in [0.717, 1.165) is 38.8 Å². The van der Waals surface area contributed by atoms with Gasteiger partial charge in [-0.15, -0.1) is 0 Å². The van der Waals surface area contributed by atoms with E-state index in [2.05, 4.69) is 4.90 Å². The number of hydrogen-bond donors (Lipinski definition) is 0. The van der Waals surface area contributed by atoms with Crippen molar-refractivity contribution < 1.29 is 18.8 Å². The highest BCUT2D eigenvalue weighted by molar-refractivity contribution is 5.80. The van der Waals surface area contributed by atoms with E-state index in [0.29, 0.717) is 19.2 Å². The lowest BCUT2D eigenvalue weighted by molar-refractivity contribution is -0.189. The van der Waals surface area contributed by atoms with Crippen molar-refractivity contribution >= 4 is 5.91 Å². The highest BCUT2D eigenvalue weighted by Gasteiger charge is 2.43. The lowest BCUT2D eigenvalue weighted by Crippen LogP contribution is -2.48. The van der Waals surface area contributed by atoms with Crippen LogP contribution in [0.1, 0.15) is 31.2 Å². The SMILES string of the molecule is O=C([C@@H]1CC[C@H]2[C@H](CCN2Cc2ccoc2)O1)N1CCCO1. The van der Waals surface area contributed by atoms with Crippen molar-refractivity contribution in [3.63, 3.8) is 0 Å². The molecule has 0 N–H and O–H groups in total. The Kier molecular flexibility index (Phi) is 3.90. The average molecular weight is 306 g/mol. The molecule has 4 rings (SSSR count). The van der Waals surface area contributed by atoms with Crippen LogP contribution in [-0.2, 0) is 20.9 Å². The fourth-order valence-corrected chi connectivity index (χ4v) is 3.79. The summed E-state index contributed by atoms with van der Waals surface area (Å²) >= 11 is 0. The molecule has 3 atom stereocenters. The summed E-state index contributed by atoms with van der Waals surface area (Å²) in [6, 6.07) is 2.42. The first-order valence-corrected chi connectivity index (χ1v) is 8.16. The van der Waals surface area contributed by atoms with Crippen LogP contribution in [0.25, 0.3) is 0 Å². The summed E-state index contributed by atoms with van der Waals surface area (Å²) in [6.07, 6.45) is 7.05. The smallest absolute Gasteiger partial charge is 0.275 e. The molecule has 120 valence electrons. The highest BCUT2D eigenvalue weighted by atomic mass is 16.7. The standard InChI is InChI=1S/C16H22N2O4/c19-16(18-6-1-8-21-18)15-3-2-13-14(22-15)4-7-17(13)10-12-5-9-20-11-12/h5,9,11,13-15H,1-4,6-8,10H2/t13-,14-,15-/m0/s1. The largest absolute Gasteiger partial charge is 0.472 e. The number of rotatable bonds is 3. The summed E-state index contributed by atoms with van der Waals surface area (Å²) in [6.45, 7) is 3.25. The van der Waals surface area contributed by atoms with E-state index in [1.807, 2.05) is 6.07 Å². The highest BCUT2D eigenvalue weighted by Crippen LogP contribution is 2.33. The molecule has 0 spiro atoms. The fourth-order valence-electron chi connectivity index (χ4n) is 3.79. The predicted octanol–water partition coefficient (Wildman–Crippen LogP) is 1.57. The van der Waals surface area contributed by atoms with E-state index >= 15 is 0 Å². The van der Waals surface area contributed by atoms with Gasteiger partial charge in [0.15, 0.2) is 0 Å². The average Bonchev–Trinajstić information content (AvgIpc) is 3.29. The molecule has 1 aromatic heterocycles. The number of carbonyl (C=O) groups is 1. The third-order valence-electron chi connectivity index (χ3n) is 4.90. The van der Waals surface area contributed by atoms with Gasteiger partial charge in [-0.25, -0.2) is 5.06 Å². The van der Waals surface area contributed by atoms with Crippen molar-refractivity contribution in [2.24, 2.45) is 0 Å². The van der Waals surface area contributed by atoms with Gasteiger partial charge in [-0.1, -0.05) is 0 Å². The minimum Gasteiger partial charge on any atom is -0.472 e. The molecule has 0 unspecified atom stereocenters. The molecule has 0 aromatic carbocycles. The number of hydroxylamine groups is 2. The fraction of sp³-hybridized carbons (Fsp3) is 0.688. The van der Waals surface area contributed by atoms with Gasteiger partial charge < -0.3 is 9.15 Å². The van der Waals surface area contributed by atoms with Crippen LogP contribution in [-0.4, -0.2) is 53.8 Å². The second-order valence-corrected chi connectivity index (χ2v) is 6.33. The molecule has 6 heteroatoms. The first-order valence-electron chi connectivity index (χ1n) is 8.16. The van der Waals surface area contributed by atoms with Gasteiger partial charge in [0.2, 0.25) is 0 Å². The number of fused-ring (bicyclic) bond motifs is 1. The third-order valence-corrected chi connectivity index (χ3v) is 4.90. The molecule has 4 heterocycles. The molecule has 3 fully saturated rings. The summed E-state index contributed by atoms with van der Waals surface area (Å²) in [5.41, 5.74) is 1.20. The molecular formula is C16H22N2O4. The minimum atomic E-state index is -0.326. The number of ether oxygens (including phenoxy) is 1. The lowest BCUT2D eigenvalue weighted by atomic mass is 9.98. The molecule has 3 saturated heterocycles. The molecule has 1 aromatic rings. The van der Waals surface area contributed by atoms with Crippen LogP contribution >= 0.6 is 0 Å². The Hall–Kier alpha value is -1.37. The van der Waals surface area contributed by atoms with Gasteiger partial charge >= 0.3 is 0 Å². The predicted molar refractivity (Wildman–Crippen MR) is 77.7 cm³/mol. The topological polar surface area (TPSA) is 55.2 Å². The Morgan fingerprint density at radius 3 is 3.00 bits per heavy atom. The zero-order valence-electron chi connectivity index (χ0n) is 12.6. The molecule has 0 saturated carbocycles. The number of amides is 1. The zero-order chi connectivity index (χ0) is 14.9. The summed E-state index contributed by atoms with van der Waals surface area (Å²) < 4.78 is 11.2. The number of furan rings is 1. The van der Waals surface area contributed by atoms with Crippen LogP contribution in [0.15, 0.2) is 23.0 Å². The monoisotopic (exact) mass is 306 g/mol. The van der Waals surface area contributed by atoms with Gasteiger partial charge in [0.05, 0.1) is 31.8 Å². The quantitative estimate of drug-likeness (QED) is 0.848. The second kappa shape index (κ2) is 6.02. The van der Waals surface area contributed by atoms with Gasteiger partial charge in [0.25, 0.3) is 5.91 Å². The Labute approximate surface area is 129 Å². The normalized spacial score (nSPS) is 32.4. The molecule has 0 bridgehead atoms. The van der Waals surface area contributed by atoms with Crippen LogP contribution in [0.4, 0.5) is 0 Å². The van der Waals surface area contributed by atoms with Crippen molar-refractivity contribution in [3.05, 3.63) is 24.2 Å². The van der Waals surface area contributed by atoms with Crippen molar-refractivity contribution in [2.45, 2.75) is 50.5 Å². The van der Waals surface area contributed by atoms with E-state index in [1.54, 1.807) is 12.5 Å². The maximum absolute atomic E-state index is 12.4. The lowest BCUT2D eigenvalue weighted by Gasteiger charge is -2.36. The Bertz CT molecular complexity index is 512. The van der Waals surface area contributed by atoms with E-state index in [9.17, 15) is 4.79 Å². The van der Waals surface area contributed by atoms with Crippen molar-refractivity contribution in [1.82, 2.24) is 9.96 Å². The van der Waals surface area contributed by atoms with E-state index in [4.69, 9.17) is 14.0 Å². The van der Waals surface area contributed by atoms with E-state index in [-0.39, 0.29) is 18.1 Å². The van der Waals surface area contributed by atoms with Gasteiger partial charge in [-0.05, 0) is 31.7 Å². The molecule has 1 amide bonds. The van der Waals surface area contributed by atoms with Crippen LogP contribution in [0.3, 0.4) is 0 Å². The summed E-state index contributed by atoms with van der Waals surface area (Å²) in [5.74, 6) is 0.00392. The molecule has 3 aliphatic heterocycles. The second-order valence-electron chi connectivity index (χ2n) is 6.33. The summed E-state index contributed by atoms with van der Waals surface area (Å²) in [7, 11) is 0. The molecule has 22 heavy (non-hydrogen) atoms. The van der Waals surface area contributed by atoms with E-state index in [1.165, 1.54) is 10.6 Å². The number of likely N-dealkylation sites (tertiary alicyclic amines) is 1. The Morgan fingerprint density at radius 1 is 1.27 bits per heavy atom. The Balaban J connectivity index is 1.36. The summed E-state index contributed by atoms with van der Waals surface area (Å²) in [5, 5.41) is 1.49.